The Morgan fingerprint density at radius 3 is 2.30 bits per heavy atom. The number of Topliss-reactive ketones (excluding diaryl/α,β-unsaturated/α-hetero) is 2. The quantitative estimate of drug-likeness (QED) is 0.221. The average molecular weight is 724 g/mol. The predicted octanol–water partition coefficient (Wildman–Crippen LogP) is 6.33. The minimum atomic E-state index is -0.478. The zero-order valence-electron chi connectivity index (χ0n) is 30.9. The van der Waals surface area contributed by atoms with E-state index in [-0.39, 0.29) is 29.8 Å². The van der Waals surface area contributed by atoms with Crippen LogP contribution in [0, 0.1) is 5.92 Å². The number of piperazine rings is 1. The maximum absolute atomic E-state index is 13.2. The number of anilines is 2. The van der Waals surface area contributed by atoms with Crippen molar-refractivity contribution in [1.82, 2.24) is 14.8 Å². The first kappa shape index (κ1) is 34.7. The molecule has 0 spiro atoms. The fourth-order valence-electron chi connectivity index (χ4n) is 9.91. The highest BCUT2D eigenvalue weighted by atomic mass is 16.3. The lowest BCUT2D eigenvalue weighted by atomic mass is 9.69. The lowest BCUT2D eigenvalue weighted by molar-refractivity contribution is -0.133. The first-order valence-corrected chi connectivity index (χ1v) is 19.9. The summed E-state index contributed by atoms with van der Waals surface area (Å²) >= 11 is 0. The number of piperidine rings is 1. The second-order valence-electron chi connectivity index (χ2n) is 16.1. The first-order valence-electron chi connectivity index (χ1n) is 19.9. The summed E-state index contributed by atoms with van der Waals surface area (Å²) in [6.45, 7) is 7.54. The van der Waals surface area contributed by atoms with Crippen LogP contribution in [0.3, 0.4) is 0 Å². The van der Waals surface area contributed by atoms with Crippen molar-refractivity contribution in [2.45, 2.75) is 69.4 Å². The summed E-state index contributed by atoms with van der Waals surface area (Å²) in [6.07, 6.45) is 7.18. The number of rotatable bonds is 7. The monoisotopic (exact) mass is 723 g/mol. The minimum Gasteiger partial charge on any atom is -0.508 e. The van der Waals surface area contributed by atoms with E-state index in [4.69, 9.17) is 4.98 Å². The van der Waals surface area contributed by atoms with Gasteiger partial charge in [-0.05, 0) is 108 Å². The van der Waals surface area contributed by atoms with E-state index in [9.17, 15) is 19.5 Å². The number of carbonyl (C=O) groups is 3. The van der Waals surface area contributed by atoms with Crippen LogP contribution in [0.4, 0.5) is 11.5 Å². The van der Waals surface area contributed by atoms with Gasteiger partial charge >= 0.3 is 0 Å². The Bertz CT molecular complexity index is 2030. The molecule has 9 rings (SSSR count). The van der Waals surface area contributed by atoms with Crippen LogP contribution in [0.5, 0.6) is 5.75 Å². The fourth-order valence-corrected chi connectivity index (χ4v) is 9.91. The number of nitrogens with zero attached hydrogens (tertiary/aromatic N) is 5. The molecule has 1 amide bonds. The van der Waals surface area contributed by atoms with Crippen molar-refractivity contribution in [3.05, 3.63) is 118 Å². The lowest BCUT2D eigenvalue weighted by Crippen LogP contribution is -2.49. The van der Waals surface area contributed by atoms with Crippen molar-refractivity contribution in [3.63, 3.8) is 0 Å². The highest BCUT2D eigenvalue weighted by Gasteiger charge is 2.39. The molecular formula is C45H49N5O4. The molecule has 1 unspecified atom stereocenters. The van der Waals surface area contributed by atoms with Crippen molar-refractivity contribution < 1.29 is 19.5 Å². The van der Waals surface area contributed by atoms with E-state index in [1.54, 1.807) is 4.90 Å². The van der Waals surface area contributed by atoms with Crippen LogP contribution in [0.15, 0.2) is 85.1 Å². The fraction of sp³-hybridized carbons (Fsp3) is 0.422. The summed E-state index contributed by atoms with van der Waals surface area (Å²) in [5.41, 5.74) is 7.94. The molecule has 1 saturated carbocycles. The third kappa shape index (κ3) is 6.79. The number of aryl methyl sites for hydroxylation is 1. The van der Waals surface area contributed by atoms with Crippen LogP contribution in [-0.4, -0.2) is 89.2 Å². The summed E-state index contributed by atoms with van der Waals surface area (Å²) in [5, 5.41) is 10.2. The Hall–Kier alpha value is -5.02. The van der Waals surface area contributed by atoms with E-state index in [2.05, 4.69) is 81.6 Å². The van der Waals surface area contributed by atoms with Gasteiger partial charge in [-0.1, -0.05) is 42.5 Å². The van der Waals surface area contributed by atoms with Gasteiger partial charge in [0.1, 0.15) is 17.4 Å². The molecule has 54 heavy (non-hydrogen) atoms. The van der Waals surface area contributed by atoms with Crippen LogP contribution in [-0.2, 0) is 22.6 Å². The molecule has 1 aromatic heterocycles. The second kappa shape index (κ2) is 14.7. The summed E-state index contributed by atoms with van der Waals surface area (Å²) in [6, 6.07) is 26.9. The Morgan fingerprint density at radius 2 is 1.54 bits per heavy atom. The van der Waals surface area contributed by atoms with Gasteiger partial charge in [0.25, 0.3) is 5.91 Å². The molecule has 9 heteroatoms. The van der Waals surface area contributed by atoms with Gasteiger partial charge < -0.3 is 19.8 Å². The average Bonchev–Trinajstić information content (AvgIpc) is 3.53. The molecule has 0 radical (unpaired) electrons. The molecule has 3 aliphatic heterocycles. The van der Waals surface area contributed by atoms with E-state index in [1.165, 1.54) is 22.3 Å². The van der Waals surface area contributed by atoms with Crippen molar-refractivity contribution in [2.24, 2.45) is 5.92 Å². The molecule has 4 heterocycles. The third-order valence-electron chi connectivity index (χ3n) is 12.9. The number of hydrogen-bond acceptors (Lipinski definition) is 8. The van der Waals surface area contributed by atoms with Gasteiger partial charge in [0.15, 0.2) is 5.78 Å². The van der Waals surface area contributed by atoms with E-state index in [0.717, 1.165) is 88.6 Å². The first-order chi connectivity index (χ1) is 26.4. The van der Waals surface area contributed by atoms with E-state index in [0.29, 0.717) is 42.5 Å². The Labute approximate surface area is 317 Å². The molecule has 5 aliphatic rings. The van der Waals surface area contributed by atoms with Crippen LogP contribution in [0.1, 0.15) is 88.5 Å². The molecule has 1 N–H and O–H groups in total. The minimum absolute atomic E-state index is 0.0192. The van der Waals surface area contributed by atoms with Gasteiger partial charge in [-0.25, -0.2) is 4.98 Å². The normalized spacial score (nSPS) is 23.8. The number of pyridine rings is 1. The predicted molar refractivity (Wildman–Crippen MR) is 209 cm³/mol. The van der Waals surface area contributed by atoms with Gasteiger partial charge in [-0.15, -0.1) is 0 Å². The number of aromatic nitrogens is 1. The van der Waals surface area contributed by atoms with E-state index < -0.39 is 6.04 Å². The van der Waals surface area contributed by atoms with Gasteiger partial charge in [0.05, 0.1) is 12.5 Å². The van der Waals surface area contributed by atoms with Gasteiger partial charge in [0, 0.05) is 82.1 Å². The van der Waals surface area contributed by atoms with Crippen molar-refractivity contribution in [2.75, 3.05) is 55.6 Å². The Morgan fingerprint density at radius 1 is 0.722 bits per heavy atom. The highest BCUT2D eigenvalue weighted by Crippen LogP contribution is 2.47. The third-order valence-corrected chi connectivity index (χ3v) is 12.9. The van der Waals surface area contributed by atoms with Gasteiger partial charge in [-0.2, -0.15) is 0 Å². The number of hydrogen-bond donors (Lipinski definition) is 1. The summed E-state index contributed by atoms with van der Waals surface area (Å²) in [7, 11) is 0. The Balaban J connectivity index is 0.780. The summed E-state index contributed by atoms with van der Waals surface area (Å²) in [4.78, 5) is 51.7. The molecule has 4 aromatic rings. The zero-order valence-corrected chi connectivity index (χ0v) is 30.9. The molecule has 9 nitrogen and oxygen atoms in total. The Kier molecular flexibility index (Phi) is 9.43. The number of aromatic hydroxyl groups is 1. The molecule has 3 fully saturated rings. The van der Waals surface area contributed by atoms with Crippen molar-refractivity contribution in [3.8, 4) is 5.75 Å². The van der Waals surface area contributed by atoms with Crippen molar-refractivity contribution >= 4 is 29.0 Å². The van der Waals surface area contributed by atoms with Crippen LogP contribution < -0.4 is 9.80 Å². The second-order valence-corrected chi connectivity index (χ2v) is 16.1. The van der Waals surface area contributed by atoms with Gasteiger partial charge in [0.2, 0.25) is 0 Å². The molecule has 278 valence electrons. The smallest absolute Gasteiger partial charge is 0.255 e. The van der Waals surface area contributed by atoms with Gasteiger partial charge in [-0.3, -0.25) is 19.3 Å². The maximum Gasteiger partial charge on any atom is 0.255 e. The van der Waals surface area contributed by atoms with Crippen LogP contribution in [0.2, 0.25) is 0 Å². The lowest BCUT2D eigenvalue weighted by Gasteiger charge is -2.40. The highest BCUT2D eigenvalue weighted by molar-refractivity contribution is 6.07. The SMILES string of the molecule is O=C1CCC(N2Cc3cc(N4CCN(CC5CCN(c6ccc([C@@H]7c8ccc(O)cc8CC[C@@H]7c7ccccc7)cn6)CC5)CC4)ccc3C2=O)C(=O)C1. The van der Waals surface area contributed by atoms with E-state index >= 15 is 0 Å². The van der Waals surface area contributed by atoms with E-state index in [1.807, 2.05) is 18.2 Å². The summed E-state index contributed by atoms with van der Waals surface area (Å²) < 4.78 is 0. The topological polar surface area (TPSA) is 97.3 Å². The largest absolute Gasteiger partial charge is 0.508 e. The molecule has 2 saturated heterocycles. The van der Waals surface area contributed by atoms with Crippen LogP contribution >= 0.6 is 0 Å². The van der Waals surface area contributed by atoms with Crippen LogP contribution in [0.25, 0.3) is 0 Å². The number of phenols is 1. The zero-order chi connectivity index (χ0) is 36.8. The molecule has 3 aromatic carbocycles. The number of ketones is 2. The number of fused-ring (bicyclic) bond motifs is 2. The molecule has 2 aliphatic carbocycles. The van der Waals surface area contributed by atoms with Crippen molar-refractivity contribution in [1.29, 1.82) is 0 Å². The number of carbonyl (C=O) groups excluding carboxylic acids is 3. The molecular weight excluding hydrogens is 675 g/mol. The number of benzene rings is 3. The number of amides is 1. The molecule has 3 atom stereocenters. The standard InChI is InChI=1S/C45H49N5O4/c51-36-9-13-39-32(25-36)6-11-38(31-4-2-1-3-5-31)44(39)33-7-15-43(46-27-33)49-18-16-30(17-19-49)28-47-20-22-48(23-21-47)35-8-12-40-34(24-35)29-50(45(40)54)41-14-10-37(52)26-42(41)53/h1-5,7-9,12-13,15,24-25,27,30,38,41,44,51H,6,10-11,14,16-23,26,28-29H2/t38-,41?,44+/m1/s1. The number of phenolic OH excluding ortho intramolecular Hbond substituents is 1. The maximum atomic E-state index is 13.2. The molecule has 0 bridgehead atoms. The summed E-state index contributed by atoms with van der Waals surface area (Å²) in [5.74, 6) is 2.41.